The maximum Gasteiger partial charge on any atom is 0.341 e. The third-order valence-electron chi connectivity index (χ3n) is 6.87. The fourth-order valence-electron chi connectivity index (χ4n) is 4.58. The highest BCUT2D eigenvalue weighted by molar-refractivity contribution is 9.11. The summed E-state index contributed by atoms with van der Waals surface area (Å²) in [6.07, 6.45) is -0.863. The summed E-state index contributed by atoms with van der Waals surface area (Å²) in [5, 5.41) is 18.1. The van der Waals surface area contributed by atoms with Gasteiger partial charge in [-0.25, -0.2) is 28.8 Å². The van der Waals surface area contributed by atoms with Crippen LogP contribution in [0.15, 0.2) is 54.3 Å². The molecule has 0 fully saturated rings. The molecule has 14 nitrogen and oxygen atoms in total. The van der Waals surface area contributed by atoms with E-state index in [0.717, 1.165) is 0 Å². The maximum absolute atomic E-state index is 12.2. The van der Waals surface area contributed by atoms with Crippen molar-refractivity contribution >= 4 is 106 Å². The number of carboxylic acid groups (broad SMARTS) is 1. The third-order valence-corrected chi connectivity index (χ3v) is 9.50. The Balaban J connectivity index is 0.000000316. The molecular formula is C42H46Br4O14. The highest BCUT2D eigenvalue weighted by Gasteiger charge is 2.32. The van der Waals surface area contributed by atoms with Crippen molar-refractivity contribution in [3.8, 4) is 0 Å². The highest BCUT2D eigenvalue weighted by Crippen LogP contribution is 2.33. The van der Waals surface area contributed by atoms with E-state index in [0.29, 0.717) is 30.8 Å². The molecule has 1 unspecified atom stereocenters. The summed E-state index contributed by atoms with van der Waals surface area (Å²) in [5.74, 6) is -3.93. The van der Waals surface area contributed by atoms with Crippen LogP contribution < -0.4 is 0 Å². The van der Waals surface area contributed by atoms with E-state index in [1.165, 1.54) is 24.3 Å². The minimum absolute atomic E-state index is 0.0221. The molecule has 2 N–H and O–H groups in total. The fraction of sp³-hybridized carbons (Fsp3) is 0.405. The highest BCUT2D eigenvalue weighted by atomic mass is 79.9. The van der Waals surface area contributed by atoms with Gasteiger partial charge in [-0.3, -0.25) is 4.79 Å². The van der Waals surface area contributed by atoms with Gasteiger partial charge in [-0.2, -0.15) is 0 Å². The molecule has 0 aliphatic carbocycles. The van der Waals surface area contributed by atoms with Crippen molar-refractivity contribution in [1.29, 1.82) is 0 Å². The second-order valence-corrected chi connectivity index (χ2v) is 20.3. The summed E-state index contributed by atoms with van der Waals surface area (Å²) in [7, 11) is 0. The molecule has 1 heterocycles. The van der Waals surface area contributed by atoms with E-state index in [1.54, 1.807) is 95.2 Å². The number of aliphatic hydroxyl groups excluding tert-OH is 1. The third kappa shape index (κ3) is 15.8. The molecule has 0 aromatic heterocycles. The average Bonchev–Trinajstić information content (AvgIpc) is 3.33. The molecule has 1 aliphatic rings. The number of aromatic carboxylic acids is 1. The van der Waals surface area contributed by atoms with Gasteiger partial charge in [0.2, 0.25) is 6.29 Å². The number of ether oxygens (including phenoxy) is 5. The van der Waals surface area contributed by atoms with Crippen molar-refractivity contribution in [2.75, 3.05) is 0 Å². The molecule has 1 atom stereocenters. The number of carboxylic acids is 1. The van der Waals surface area contributed by atoms with Gasteiger partial charge in [0.25, 0.3) is 0 Å². The van der Waals surface area contributed by atoms with Gasteiger partial charge in [-0.15, -0.1) is 0 Å². The van der Waals surface area contributed by atoms with E-state index < -0.39 is 64.5 Å². The Labute approximate surface area is 381 Å². The number of fused-ring (bicyclic) bond motifs is 1. The Kier molecular flexibility index (Phi) is 17.6. The summed E-state index contributed by atoms with van der Waals surface area (Å²) in [6, 6.07) is 8.38. The molecule has 0 radical (unpaired) electrons. The van der Waals surface area contributed by atoms with Gasteiger partial charge in [-0.1, -0.05) is 0 Å². The zero-order chi connectivity index (χ0) is 46.5. The number of carbonyl (C=O) groups excluding carboxylic acids is 6. The molecule has 3 aromatic rings. The van der Waals surface area contributed by atoms with Gasteiger partial charge in [0.1, 0.15) is 22.4 Å². The number of benzene rings is 3. The first-order valence-electron chi connectivity index (χ1n) is 17.8. The number of hydrogen-bond acceptors (Lipinski definition) is 13. The lowest BCUT2D eigenvalue weighted by Crippen LogP contribution is -2.26. The van der Waals surface area contributed by atoms with E-state index in [2.05, 4.69) is 68.5 Å². The largest absolute Gasteiger partial charge is 0.478 e. The predicted octanol–water partition coefficient (Wildman–Crippen LogP) is 10.6. The minimum atomic E-state index is -1.38. The maximum atomic E-state index is 12.2. The van der Waals surface area contributed by atoms with Crippen LogP contribution in [0.2, 0.25) is 0 Å². The predicted molar refractivity (Wildman–Crippen MR) is 234 cm³/mol. The summed E-state index contributed by atoms with van der Waals surface area (Å²) in [6.45, 7) is 21.2. The molecule has 0 saturated carbocycles. The summed E-state index contributed by atoms with van der Waals surface area (Å²) >= 11 is 12.9. The standard InChI is InChI=1S/C17H21BrO5.C16H20Br2O4.C9H5BrO5/c1-16(2,3)22-14(20)11-8-13(18)12(7-10(11)9-19)15(21)23-17(4,5)6;1-15(2,3)21-13(19)9-7-12(18)10(8-11(9)17)14(20)22-16(4,5)6;10-6-2-4-3(1-5(6)7(11)12)8(13)15-9(4)14/h7-9H,1-6H3;7-8H,1-6H3;1-2,8,13H,(H,11,12). The second-order valence-electron chi connectivity index (χ2n) is 16.8. The van der Waals surface area contributed by atoms with Crippen molar-refractivity contribution in [2.24, 2.45) is 0 Å². The SMILES string of the molecule is CC(C)(C)OC(=O)c1cc(Br)c(C(=O)OC(C)(C)C)cc1Br.CC(C)(C)OC(=O)c1cc(C=O)c(C(=O)OC(C)(C)C)cc1Br.O=C(O)c1cc2c(cc1Br)C(=O)OC2O. The van der Waals surface area contributed by atoms with Gasteiger partial charge in [-0.05, 0) is 183 Å². The Morgan fingerprint density at radius 1 is 0.550 bits per heavy atom. The van der Waals surface area contributed by atoms with Crippen LogP contribution in [0.3, 0.4) is 0 Å². The molecule has 0 amide bonds. The van der Waals surface area contributed by atoms with E-state index >= 15 is 0 Å². The van der Waals surface area contributed by atoms with Crippen LogP contribution >= 0.6 is 63.7 Å². The number of aldehydes is 1. The first-order chi connectivity index (χ1) is 27.1. The smallest absolute Gasteiger partial charge is 0.341 e. The van der Waals surface area contributed by atoms with Crippen molar-refractivity contribution in [3.63, 3.8) is 0 Å². The van der Waals surface area contributed by atoms with Crippen molar-refractivity contribution in [3.05, 3.63) is 98.8 Å². The number of carbonyl (C=O) groups is 7. The van der Waals surface area contributed by atoms with Crippen LogP contribution in [-0.4, -0.2) is 74.7 Å². The Morgan fingerprint density at radius 2 is 0.867 bits per heavy atom. The van der Waals surface area contributed by atoms with Crippen LogP contribution in [0.5, 0.6) is 0 Å². The van der Waals surface area contributed by atoms with Crippen molar-refractivity contribution in [2.45, 2.75) is 112 Å². The van der Waals surface area contributed by atoms with Gasteiger partial charge in [0.15, 0.2) is 6.29 Å². The Hall–Kier alpha value is -3.97. The first-order valence-corrected chi connectivity index (χ1v) is 21.0. The summed E-state index contributed by atoms with van der Waals surface area (Å²) in [4.78, 5) is 81.9. The van der Waals surface area contributed by atoms with Gasteiger partial charge in [0, 0.05) is 29.0 Å². The molecule has 3 aromatic carbocycles. The molecule has 4 rings (SSSR count). The number of cyclic esters (lactones) is 1. The molecule has 0 spiro atoms. The van der Waals surface area contributed by atoms with Gasteiger partial charge < -0.3 is 33.9 Å². The quantitative estimate of drug-likeness (QED) is 0.134. The van der Waals surface area contributed by atoms with Crippen LogP contribution in [-0.2, 0) is 23.7 Å². The zero-order valence-corrected chi connectivity index (χ0v) is 41.3. The fourth-order valence-corrected chi connectivity index (χ4v) is 6.60. The molecule has 18 heteroatoms. The van der Waals surface area contributed by atoms with E-state index in [9.17, 15) is 38.7 Å². The monoisotopic (exact) mass is 1090 g/mol. The van der Waals surface area contributed by atoms with Crippen molar-refractivity contribution < 1.29 is 67.5 Å². The first kappa shape index (κ1) is 52.2. The molecule has 1 aliphatic heterocycles. The number of hydrogen-bond donors (Lipinski definition) is 2. The van der Waals surface area contributed by atoms with Crippen LogP contribution in [0.4, 0.5) is 0 Å². The lowest BCUT2D eigenvalue weighted by Gasteiger charge is -2.21. The Bertz CT molecular complexity index is 2130. The average molecular weight is 1090 g/mol. The molecular weight excluding hydrogens is 1050 g/mol. The number of esters is 5. The van der Waals surface area contributed by atoms with E-state index in [4.69, 9.17) is 24.1 Å². The van der Waals surface area contributed by atoms with E-state index in [1.807, 2.05) is 0 Å². The van der Waals surface area contributed by atoms with Gasteiger partial charge >= 0.3 is 35.8 Å². The number of halogens is 4. The van der Waals surface area contributed by atoms with Crippen LogP contribution in [0, 0.1) is 0 Å². The molecule has 60 heavy (non-hydrogen) atoms. The number of rotatable bonds is 6. The molecule has 0 bridgehead atoms. The van der Waals surface area contributed by atoms with Crippen LogP contribution in [0.1, 0.15) is 167 Å². The number of aliphatic hydroxyl groups is 1. The lowest BCUT2D eigenvalue weighted by molar-refractivity contribution is -0.0548. The van der Waals surface area contributed by atoms with Gasteiger partial charge in [0.05, 0.1) is 33.4 Å². The second kappa shape index (κ2) is 20.3. The Morgan fingerprint density at radius 3 is 1.20 bits per heavy atom. The molecule has 0 saturated heterocycles. The molecule has 326 valence electrons. The minimum Gasteiger partial charge on any atom is -0.478 e. The lowest BCUT2D eigenvalue weighted by atomic mass is 10.0. The topological polar surface area (TPSA) is 206 Å². The normalized spacial score (nSPS) is 13.6. The van der Waals surface area contributed by atoms with E-state index in [-0.39, 0.29) is 37.9 Å². The zero-order valence-electron chi connectivity index (χ0n) is 34.9. The van der Waals surface area contributed by atoms with Crippen LogP contribution in [0.25, 0.3) is 0 Å². The summed E-state index contributed by atoms with van der Waals surface area (Å²) in [5.41, 5.74) is -1.17. The summed E-state index contributed by atoms with van der Waals surface area (Å²) < 4.78 is 27.3. The van der Waals surface area contributed by atoms with Crippen molar-refractivity contribution in [1.82, 2.24) is 0 Å².